The molecule has 0 bridgehead atoms. The van der Waals surface area contributed by atoms with Crippen molar-refractivity contribution in [3.05, 3.63) is 48.0 Å². The van der Waals surface area contributed by atoms with Crippen LogP contribution in [0.5, 0.6) is 0 Å². The van der Waals surface area contributed by atoms with Crippen LogP contribution in [0, 0.1) is 0 Å². The molecular weight excluding hydrogens is 294 g/mol. The number of nitrogens with one attached hydrogen (secondary N) is 1. The number of H-pyrrole nitrogens is 1. The predicted octanol–water partition coefficient (Wildman–Crippen LogP) is 2.39. The average molecular weight is 309 g/mol. The highest BCUT2D eigenvalue weighted by Crippen LogP contribution is 2.33. The molecule has 3 heterocycles. The van der Waals surface area contributed by atoms with Gasteiger partial charge in [-0.3, -0.25) is 0 Å². The molecule has 1 aromatic carbocycles. The number of anilines is 1. The smallest absolute Gasteiger partial charge is 0.338 e. The molecule has 1 aliphatic heterocycles. The number of imidazole rings is 1. The van der Waals surface area contributed by atoms with Gasteiger partial charge in [-0.1, -0.05) is 12.1 Å². The van der Waals surface area contributed by atoms with Crippen LogP contribution in [-0.4, -0.2) is 37.6 Å². The van der Waals surface area contributed by atoms with Gasteiger partial charge in [-0.2, -0.15) is 0 Å². The Morgan fingerprint density at radius 1 is 1.26 bits per heavy atom. The number of carboxylic acid groups (broad SMARTS) is 1. The number of aromatic nitrogens is 4. The van der Waals surface area contributed by atoms with Crippen molar-refractivity contribution in [3.8, 4) is 0 Å². The Kier molecular flexibility index (Phi) is 3.18. The fourth-order valence-electron chi connectivity index (χ4n) is 3.00. The van der Waals surface area contributed by atoms with Crippen LogP contribution in [-0.2, 0) is 0 Å². The molecule has 3 aromatic rings. The zero-order valence-electron chi connectivity index (χ0n) is 12.3. The molecule has 0 amide bonds. The van der Waals surface area contributed by atoms with Crippen molar-refractivity contribution in [2.24, 2.45) is 0 Å². The van der Waals surface area contributed by atoms with E-state index >= 15 is 0 Å². The highest BCUT2D eigenvalue weighted by molar-refractivity contribution is 5.86. The monoisotopic (exact) mass is 309 g/mol. The van der Waals surface area contributed by atoms with Gasteiger partial charge in [-0.15, -0.1) is 0 Å². The van der Waals surface area contributed by atoms with Crippen molar-refractivity contribution in [1.29, 1.82) is 0 Å². The first kappa shape index (κ1) is 13.7. The van der Waals surface area contributed by atoms with Gasteiger partial charge in [0.2, 0.25) is 5.95 Å². The molecule has 0 radical (unpaired) electrons. The van der Waals surface area contributed by atoms with Crippen LogP contribution in [0.2, 0.25) is 0 Å². The van der Waals surface area contributed by atoms with Gasteiger partial charge in [0, 0.05) is 18.9 Å². The van der Waals surface area contributed by atoms with E-state index in [0.29, 0.717) is 5.95 Å². The minimum absolute atomic E-state index is 0.0816. The van der Waals surface area contributed by atoms with E-state index in [4.69, 9.17) is 5.11 Å². The summed E-state index contributed by atoms with van der Waals surface area (Å²) in [6, 6.07) is 8.01. The van der Waals surface area contributed by atoms with Crippen molar-refractivity contribution in [2.45, 2.75) is 18.9 Å². The van der Waals surface area contributed by atoms with Crippen LogP contribution < -0.4 is 4.90 Å². The first-order valence-corrected chi connectivity index (χ1v) is 7.49. The Morgan fingerprint density at radius 3 is 2.78 bits per heavy atom. The second-order valence-corrected chi connectivity index (χ2v) is 5.57. The first-order valence-electron chi connectivity index (χ1n) is 7.49. The maximum absolute atomic E-state index is 10.9. The second-order valence-electron chi connectivity index (χ2n) is 5.57. The average Bonchev–Trinajstić information content (AvgIpc) is 3.21. The van der Waals surface area contributed by atoms with E-state index in [1.54, 1.807) is 0 Å². The number of hydrogen-bond donors (Lipinski definition) is 2. The van der Waals surface area contributed by atoms with Gasteiger partial charge in [-0.05, 0) is 25.0 Å². The lowest BCUT2D eigenvalue weighted by Crippen LogP contribution is -2.25. The number of nitrogens with zero attached hydrogens (tertiary/aromatic N) is 4. The SMILES string of the molecule is O=C(O)c1cnc(N2CCC[C@H]2c2nc3ccccc3[nH]2)nc1. The van der Waals surface area contributed by atoms with Gasteiger partial charge in [0.1, 0.15) is 5.82 Å². The number of carboxylic acids is 1. The summed E-state index contributed by atoms with van der Waals surface area (Å²) in [7, 11) is 0. The lowest BCUT2D eigenvalue weighted by molar-refractivity contribution is 0.0696. The number of aromatic amines is 1. The van der Waals surface area contributed by atoms with E-state index in [1.165, 1.54) is 12.4 Å². The van der Waals surface area contributed by atoms with Crippen LogP contribution in [0.25, 0.3) is 11.0 Å². The fourth-order valence-corrected chi connectivity index (χ4v) is 3.00. The number of rotatable bonds is 3. The molecule has 4 rings (SSSR count). The summed E-state index contributed by atoms with van der Waals surface area (Å²) in [4.78, 5) is 29.4. The zero-order chi connectivity index (χ0) is 15.8. The minimum Gasteiger partial charge on any atom is -0.478 e. The van der Waals surface area contributed by atoms with Crippen LogP contribution >= 0.6 is 0 Å². The molecule has 23 heavy (non-hydrogen) atoms. The molecule has 0 saturated carbocycles. The summed E-state index contributed by atoms with van der Waals surface area (Å²) in [5.41, 5.74) is 2.04. The minimum atomic E-state index is -1.02. The van der Waals surface area contributed by atoms with E-state index in [2.05, 4.69) is 24.8 Å². The van der Waals surface area contributed by atoms with Crippen LogP contribution in [0.3, 0.4) is 0 Å². The fraction of sp³-hybridized carbons (Fsp3) is 0.250. The summed E-state index contributed by atoms with van der Waals surface area (Å²) in [6.45, 7) is 0.828. The molecule has 0 aliphatic carbocycles. The maximum atomic E-state index is 10.9. The summed E-state index contributed by atoms with van der Waals surface area (Å²) >= 11 is 0. The van der Waals surface area contributed by atoms with Crippen molar-refractivity contribution < 1.29 is 9.90 Å². The third kappa shape index (κ3) is 2.40. The molecule has 2 aromatic heterocycles. The highest BCUT2D eigenvalue weighted by atomic mass is 16.4. The molecule has 1 atom stereocenters. The Bertz CT molecular complexity index is 825. The van der Waals surface area contributed by atoms with Gasteiger partial charge in [0.05, 0.1) is 22.6 Å². The quantitative estimate of drug-likeness (QED) is 0.771. The maximum Gasteiger partial charge on any atom is 0.338 e. The molecule has 1 saturated heterocycles. The van der Waals surface area contributed by atoms with E-state index in [9.17, 15) is 4.79 Å². The first-order chi connectivity index (χ1) is 11.2. The Balaban J connectivity index is 1.66. The summed E-state index contributed by atoms with van der Waals surface area (Å²) < 4.78 is 0. The number of aromatic carboxylic acids is 1. The van der Waals surface area contributed by atoms with Crippen molar-refractivity contribution >= 4 is 23.0 Å². The molecule has 1 fully saturated rings. The third-order valence-electron chi connectivity index (χ3n) is 4.12. The van der Waals surface area contributed by atoms with E-state index in [1.807, 2.05) is 24.3 Å². The molecule has 7 nitrogen and oxygen atoms in total. The van der Waals surface area contributed by atoms with E-state index < -0.39 is 5.97 Å². The standard InChI is InChI=1S/C16H15N5O2/c22-15(23)10-8-17-16(18-9-10)21-7-3-6-13(21)14-19-11-4-1-2-5-12(11)20-14/h1-2,4-5,8-9,13H,3,6-7H2,(H,19,20)(H,22,23)/t13-/m0/s1. The summed E-state index contributed by atoms with van der Waals surface area (Å²) in [5.74, 6) is 0.416. The molecule has 0 spiro atoms. The second kappa shape index (κ2) is 5.35. The number of para-hydroxylation sites is 2. The lowest BCUT2D eigenvalue weighted by atomic mass is 10.2. The topological polar surface area (TPSA) is 95.0 Å². The Labute approximate surface area is 132 Å². The predicted molar refractivity (Wildman–Crippen MR) is 84.4 cm³/mol. The number of carbonyl (C=O) groups is 1. The summed E-state index contributed by atoms with van der Waals surface area (Å²) in [6.07, 6.45) is 4.67. The van der Waals surface area contributed by atoms with E-state index in [-0.39, 0.29) is 11.6 Å². The van der Waals surface area contributed by atoms with Crippen LogP contribution in [0.4, 0.5) is 5.95 Å². The molecule has 116 valence electrons. The van der Waals surface area contributed by atoms with Gasteiger partial charge >= 0.3 is 5.97 Å². The summed E-state index contributed by atoms with van der Waals surface area (Å²) in [5, 5.41) is 8.94. The van der Waals surface area contributed by atoms with E-state index in [0.717, 1.165) is 36.2 Å². The third-order valence-corrected chi connectivity index (χ3v) is 4.12. The normalized spacial score (nSPS) is 17.7. The lowest BCUT2D eigenvalue weighted by Gasteiger charge is -2.22. The van der Waals surface area contributed by atoms with Gasteiger partial charge < -0.3 is 15.0 Å². The number of hydrogen-bond acceptors (Lipinski definition) is 5. The van der Waals surface area contributed by atoms with Crippen molar-refractivity contribution in [1.82, 2.24) is 19.9 Å². The van der Waals surface area contributed by atoms with Crippen molar-refractivity contribution in [3.63, 3.8) is 0 Å². The molecule has 1 aliphatic rings. The van der Waals surface area contributed by atoms with Gasteiger partial charge in [-0.25, -0.2) is 19.7 Å². The molecule has 2 N–H and O–H groups in total. The highest BCUT2D eigenvalue weighted by Gasteiger charge is 2.30. The Morgan fingerprint density at radius 2 is 2.04 bits per heavy atom. The van der Waals surface area contributed by atoms with Crippen LogP contribution in [0.15, 0.2) is 36.7 Å². The zero-order valence-corrected chi connectivity index (χ0v) is 12.3. The van der Waals surface area contributed by atoms with Gasteiger partial charge in [0.25, 0.3) is 0 Å². The number of benzene rings is 1. The largest absolute Gasteiger partial charge is 0.478 e. The van der Waals surface area contributed by atoms with Crippen molar-refractivity contribution in [2.75, 3.05) is 11.4 Å². The molecular formula is C16H15N5O2. The Hall–Kier alpha value is -2.96. The van der Waals surface area contributed by atoms with Gasteiger partial charge in [0.15, 0.2) is 0 Å². The van der Waals surface area contributed by atoms with Crippen LogP contribution in [0.1, 0.15) is 35.1 Å². The number of fused-ring (bicyclic) bond motifs is 1. The molecule has 0 unspecified atom stereocenters. The molecule has 7 heteroatoms.